The first-order chi connectivity index (χ1) is 8.13. The number of nitrogen functional groups attached to an aromatic ring is 1. The molecule has 1 rings (SSSR count). The standard InChI is InChI=1S/C13H20N2O2/c1-3-4-7-17-9-13(16)15-12-6-5-10(2)8-11(12)14/h5-6,8H,3-4,7,9,14H2,1-2H3,(H,15,16). The number of carbonyl (C=O) groups is 1. The highest BCUT2D eigenvalue weighted by Crippen LogP contribution is 2.19. The van der Waals surface area contributed by atoms with Crippen molar-refractivity contribution in [2.75, 3.05) is 24.3 Å². The van der Waals surface area contributed by atoms with E-state index in [1.165, 1.54) is 0 Å². The summed E-state index contributed by atoms with van der Waals surface area (Å²) in [6.07, 6.45) is 2.03. The van der Waals surface area contributed by atoms with Crippen molar-refractivity contribution in [3.8, 4) is 0 Å². The van der Waals surface area contributed by atoms with Gasteiger partial charge in [-0.2, -0.15) is 0 Å². The molecule has 1 aromatic rings. The molecule has 0 radical (unpaired) electrons. The van der Waals surface area contributed by atoms with Crippen molar-refractivity contribution in [2.24, 2.45) is 0 Å². The van der Waals surface area contributed by atoms with Crippen LogP contribution in [-0.2, 0) is 9.53 Å². The minimum atomic E-state index is -0.170. The summed E-state index contributed by atoms with van der Waals surface area (Å²) in [5, 5.41) is 2.73. The van der Waals surface area contributed by atoms with E-state index in [0.717, 1.165) is 18.4 Å². The highest BCUT2D eigenvalue weighted by atomic mass is 16.5. The van der Waals surface area contributed by atoms with Gasteiger partial charge >= 0.3 is 0 Å². The normalized spacial score (nSPS) is 10.2. The molecule has 0 bridgehead atoms. The molecular formula is C13H20N2O2. The molecule has 0 aliphatic rings. The number of amides is 1. The molecule has 0 aromatic heterocycles. The molecule has 0 saturated heterocycles. The maximum atomic E-state index is 11.5. The van der Waals surface area contributed by atoms with E-state index >= 15 is 0 Å². The molecule has 94 valence electrons. The molecule has 0 fully saturated rings. The molecule has 0 spiro atoms. The van der Waals surface area contributed by atoms with Gasteiger partial charge in [0, 0.05) is 6.61 Å². The fourth-order valence-corrected chi connectivity index (χ4v) is 1.39. The lowest BCUT2D eigenvalue weighted by molar-refractivity contribution is -0.120. The molecule has 3 N–H and O–H groups in total. The van der Waals surface area contributed by atoms with E-state index in [1.54, 1.807) is 6.07 Å². The summed E-state index contributed by atoms with van der Waals surface area (Å²) in [7, 11) is 0. The number of rotatable bonds is 6. The number of unbranched alkanes of at least 4 members (excludes halogenated alkanes) is 1. The summed E-state index contributed by atoms with van der Waals surface area (Å²) in [4.78, 5) is 11.5. The minimum absolute atomic E-state index is 0.0767. The van der Waals surface area contributed by atoms with Crippen LogP contribution in [-0.4, -0.2) is 19.1 Å². The first-order valence-electron chi connectivity index (χ1n) is 5.87. The number of nitrogens with two attached hydrogens (primary N) is 1. The lowest BCUT2D eigenvalue weighted by Crippen LogP contribution is -2.19. The summed E-state index contributed by atoms with van der Waals surface area (Å²) in [5.74, 6) is -0.170. The van der Waals surface area contributed by atoms with Crippen LogP contribution in [0.15, 0.2) is 18.2 Å². The van der Waals surface area contributed by atoms with E-state index in [0.29, 0.717) is 18.0 Å². The van der Waals surface area contributed by atoms with Crippen molar-refractivity contribution in [3.05, 3.63) is 23.8 Å². The van der Waals surface area contributed by atoms with Gasteiger partial charge in [0.05, 0.1) is 11.4 Å². The van der Waals surface area contributed by atoms with Crippen molar-refractivity contribution in [3.63, 3.8) is 0 Å². The maximum absolute atomic E-state index is 11.5. The van der Waals surface area contributed by atoms with Crippen molar-refractivity contribution >= 4 is 17.3 Å². The van der Waals surface area contributed by atoms with Crippen LogP contribution < -0.4 is 11.1 Å². The molecule has 0 aliphatic carbocycles. The van der Waals surface area contributed by atoms with Crippen LogP contribution >= 0.6 is 0 Å². The highest BCUT2D eigenvalue weighted by molar-refractivity contribution is 5.94. The largest absolute Gasteiger partial charge is 0.397 e. The number of nitrogens with one attached hydrogen (secondary N) is 1. The van der Waals surface area contributed by atoms with Gasteiger partial charge in [0.2, 0.25) is 5.91 Å². The van der Waals surface area contributed by atoms with Gasteiger partial charge in [-0.3, -0.25) is 4.79 Å². The first kappa shape index (κ1) is 13.5. The van der Waals surface area contributed by atoms with Gasteiger partial charge in [-0.25, -0.2) is 0 Å². The number of benzene rings is 1. The van der Waals surface area contributed by atoms with Gasteiger partial charge in [0.15, 0.2) is 0 Å². The topological polar surface area (TPSA) is 64.3 Å². The Balaban J connectivity index is 2.40. The van der Waals surface area contributed by atoms with E-state index in [-0.39, 0.29) is 12.5 Å². The lowest BCUT2D eigenvalue weighted by atomic mass is 10.2. The third-order valence-corrected chi connectivity index (χ3v) is 2.36. The molecule has 0 atom stereocenters. The Morgan fingerprint density at radius 2 is 2.24 bits per heavy atom. The molecule has 17 heavy (non-hydrogen) atoms. The fourth-order valence-electron chi connectivity index (χ4n) is 1.39. The zero-order chi connectivity index (χ0) is 12.7. The van der Waals surface area contributed by atoms with E-state index in [2.05, 4.69) is 12.2 Å². The van der Waals surface area contributed by atoms with Gasteiger partial charge in [-0.05, 0) is 31.0 Å². The number of aryl methyl sites for hydroxylation is 1. The molecule has 0 saturated carbocycles. The number of anilines is 2. The Kier molecular flexibility index (Phi) is 5.49. The summed E-state index contributed by atoms with van der Waals surface area (Å²) in [6.45, 7) is 4.73. The molecular weight excluding hydrogens is 216 g/mol. The highest BCUT2D eigenvalue weighted by Gasteiger charge is 2.05. The van der Waals surface area contributed by atoms with Gasteiger partial charge in [0.25, 0.3) is 0 Å². The van der Waals surface area contributed by atoms with Gasteiger partial charge in [0.1, 0.15) is 6.61 Å². The third-order valence-electron chi connectivity index (χ3n) is 2.36. The van der Waals surface area contributed by atoms with Crippen molar-refractivity contribution in [1.29, 1.82) is 0 Å². The van der Waals surface area contributed by atoms with Crippen LogP contribution in [0.4, 0.5) is 11.4 Å². The Hall–Kier alpha value is -1.55. The summed E-state index contributed by atoms with van der Waals surface area (Å²) >= 11 is 0. The van der Waals surface area contributed by atoms with Crippen LogP contribution in [0.5, 0.6) is 0 Å². The Morgan fingerprint density at radius 3 is 2.88 bits per heavy atom. The SMILES string of the molecule is CCCCOCC(=O)Nc1ccc(C)cc1N. The van der Waals surface area contributed by atoms with E-state index in [4.69, 9.17) is 10.5 Å². The predicted molar refractivity (Wildman–Crippen MR) is 69.9 cm³/mol. The molecule has 0 unspecified atom stereocenters. The third kappa shape index (κ3) is 4.87. The molecule has 0 aliphatic heterocycles. The molecule has 0 heterocycles. The molecule has 1 amide bonds. The van der Waals surface area contributed by atoms with Gasteiger partial charge in [-0.15, -0.1) is 0 Å². The number of hydrogen-bond donors (Lipinski definition) is 2. The zero-order valence-corrected chi connectivity index (χ0v) is 10.5. The average Bonchev–Trinajstić information content (AvgIpc) is 2.28. The smallest absolute Gasteiger partial charge is 0.250 e. The molecule has 4 heteroatoms. The second-order valence-corrected chi connectivity index (χ2v) is 4.05. The maximum Gasteiger partial charge on any atom is 0.250 e. The lowest BCUT2D eigenvalue weighted by Gasteiger charge is -2.09. The van der Waals surface area contributed by atoms with Crippen LogP contribution in [0, 0.1) is 6.92 Å². The monoisotopic (exact) mass is 236 g/mol. The van der Waals surface area contributed by atoms with Crippen molar-refractivity contribution in [2.45, 2.75) is 26.7 Å². The average molecular weight is 236 g/mol. The predicted octanol–water partition coefficient (Wildman–Crippen LogP) is 2.33. The number of carbonyl (C=O) groups excluding carboxylic acids is 1. The van der Waals surface area contributed by atoms with E-state index in [9.17, 15) is 4.79 Å². The van der Waals surface area contributed by atoms with Crippen LogP contribution in [0.2, 0.25) is 0 Å². The van der Waals surface area contributed by atoms with Crippen LogP contribution in [0.1, 0.15) is 25.3 Å². The summed E-state index contributed by atoms with van der Waals surface area (Å²) < 4.78 is 5.22. The van der Waals surface area contributed by atoms with Gasteiger partial charge in [-0.1, -0.05) is 19.4 Å². The number of hydrogen-bond acceptors (Lipinski definition) is 3. The molecule has 1 aromatic carbocycles. The number of ether oxygens (including phenoxy) is 1. The van der Waals surface area contributed by atoms with Crippen LogP contribution in [0.25, 0.3) is 0 Å². The fraction of sp³-hybridized carbons (Fsp3) is 0.462. The van der Waals surface area contributed by atoms with Crippen molar-refractivity contribution < 1.29 is 9.53 Å². The minimum Gasteiger partial charge on any atom is -0.397 e. The van der Waals surface area contributed by atoms with Crippen molar-refractivity contribution in [1.82, 2.24) is 0 Å². The zero-order valence-electron chi connectivity index (χ0n) is 10.5. The summed E-state index contributed by atoms with van der Waals surface area (Å²) in [5.41, 5.74) is 8.07. The second-order valence-electron chi connectivity index (χ2n) is 4.05. The quantitative estimate of drug-likeness (QED) is 0.588. The Morgan fingerprint density at radius 1 is 1.47 bits per heavy atom. The van der Waals surface area contributed by atoms with E-state index < -0.39 is 0 Å². The van der Waals surface area contributed by atoms with Crippen LogP contribution in [0.3, 0.4) is 0 Å². The summed E-state index contributed by atoms with van der Waals surface area (Å²) in [6, 6.07) is 5.53. The van der Waals surface area contributed by atoms with E-state index in [1.807, 2.05) is 19.1 Å². The van der Waals surface area contributed by atoms with Gasteiger partial charge < -0.3 is 15.8 Å². The second kappa shape index (κ2) is 6.91. The Labute approximate surface area is 102 Å². The Bertz CT molecular complexity index is 378. The first-order valence-corrected chi connectivity index (χ1v) is 5.87. The molecule has 4 nitrogen and oxygen atoms in total.